The van der Waals surface area contributed by atoms with Gasteiger partial charge < -0.3 is 9.84 Å². The van der Waals surface area contributed by atoms with Crippen molar-refractivity contribution in [1.82, 2.24) is 14.8 Å². The number of likely N-dealkylation sites (N-methyl/N-ethyl adjacent to an activating group) is 1. The average molecular weight is 217 g/mol. The first-order chi connectivity index (χ1) is 6.64. The Bertz CT molecular complexity index is 394. The van der Waals surface area contributed by atoms with Crippen LogP contribution in [0.25, 0.3) is 0 Å². The first-order valence-electron chi connectivity index (χ1n) is 4.21. The van der Waals surface area contributed by atoms with E-state index in [1.54, 1.807) is 0 Å². The highest BCUT2D eigenvalue weighted by atomic mass is 32.2. The van der Waals surface area contributed by atoms with Gasteiger partial charge in [0.25, 0.3) is 0 Å². The third-order valence-electron chi connectivity index (χ3n) is 2.30. The smallest absolute Gasteiger partial charge is 0.248 e. The summed E-state index contributed by atoms with van der Waals surface area (Å²) in [4.78, 5) is 0.118. The molecule has 0 aromatic carbocycles. The fourth-order valence-electron chi connectivity index (χ4n) is 1.29. The maximum absolute atomic E-state index is 11.7. The summed E-state index contributed by atoms with van der Waals surface area (Å²) in [5.41, 5.74) is 0. The Hall–Kier alpha value is -0.920. The van der Waals surface area contributed by atoms with Gasteiger partial charge in [-0.2, -0.15) is 4.31 Å². The molecule has 1 fully saturated rings. The lowest BCUT2D eigenvalue weighted by Crippen LogP contribution is -2.58. The number of nitrogens with zero attached hydrogens (tertiary/aromatic N) is 2. The molecule has 1 aliphatic rings. The van der Waals surface area contributed by atoms with E-state index in [1.165, 1.54) is 10.5 Å². The third-order valence-corrected chi connectivity index (χ3v) is 4.08. The van der Waals surface area contributed by atoms with Gasteiger partial charge in [0.2, 0.25) is 10.0 Å². The van der Waals surface area contributed by atoms with Crippen molar-refractivity contribution in [3.8, 4) is 0 Å². The molecule has 6 nitrogen and oxygen atoms in total. The molecule has 1 N–H and O–H groups in total. The molecule has 2 heterocycles. The summed E-state index contributed by atoms with van der Waals surface area (Å²) in [5, 5.41) is 6.38. The fourth-order valence-corrected chi connectivity index (χ4v) is 2.68. The molecule has 0 amide bonds. The molecular weight excluding hydrogens is 206 g/mol. The zero-order valence-electron chi connectivity index (χ0n) is 7.67. The second-order valence-corrected chi connectivity index (χ2v) is 5.11. The summed E-state index contributed by atoms with van der Waals surface area (Å²) in [5.74, 6) is 0. The molecule has 14 heavy (non-hydrogen) atoms. The zero-order valence-corrected chi connectivity index (χ0v) is 8.49. The van der Waals surface area contributed by atoms with Crippen LogP contribution in [0.5, 0.6) is 0 Å². The Kier molecular flexibility index (Phi) is 2.30. The van der Waals surface area contributed by atoms with E-state index in [0.29, 0.717) is 13.1 Å². The van der Waals surface area contributed by atoms with Crippen LogP contribution in [0.1, 0.15) is 0 Å². The second-order valence-electron chi connectivity index (χ2n) is 3.17. The predicted molar refractivity (Wildman–Crippen MR) is 48.1 cm³/mol. The van der Waals surface area contributed by atoms with Crippen molar-refractivity contribution in [2.45, 2.75) is 10.9 Å². The van der Waals surface area contributed by atoms with Gasteiger partial charge in [-0.3, -0.25) is 0 Å². The highest BCUT2D eigenvalue weighted by molar-refractivity contribution is 7.89. The van der Waals surface area contributed by atoms with Crippen LogP contribution in [-0.2, 0) is 10.0 Å². The molecule has 1 aliphatic heterocycles. The number of hydrogen-bond acceptors (Lipinski definition) is 5. The van der Waals surface area contributed by atoms with Crippen molar-refractivity contribution in [3.05, 3.63) is 12.5 Å². The molecule has 78 valence electrons. The predicted octanol–water partition coefficient (Wildman–Crippen LogP) is -0.733. The molecule has 0 atom stereocenters. The summed E-state index contributed by atoms with van der Waals surface area (Å²) in [6.07, 6.45) is 2.35. The van der Waals surface area contributed by atoms with E-state index in [1.807, 2.05) is 7.05 Å². The van der Waals surface area contributed by atoms with E-state index in [2.05, 4.69) is 15.0 Å². The van der Waals surface area contributed by atoms with Gasteiger partial charge in [-0.1, -0.05) is 5.16 Å². The Balaban J connectivity index is 2.12. The first kappa shape index (κ1) is 9.63. The van der Waals surface area contributed by atoms with Gasteiger partial charge >= 0.3 is 0 Å². The van der Waals surface area contributed by atoms with Crippen LogP contribution in [0.4, 0.5) is 0 Å². The topological polar surface area (TPSA) is 75.4 Å². The van der Waals surface area contributed by atoms with Gasteiger partial charge in [-0.05, 0) is 7.05 Å². The zero-order chi connectivity index (χ0) is 10.2. The minimum Gasteiger partial charge on any atom is -0.363 e. The average Bonchev–Trinajstić information content (AvgIpc) is 2.53. The van der Waals surface area contributed by atoms with Crippen LogP contribution in [0.2, 0.25) is 0 Å². The van der Waals surface area contributed by atoms with Crippen LogP contribution in [0.3, 0.4) is 0 Å². The summed E-state index contributed by atoms with van der Waals surface area (Å²) in [6.45, 7) is 1.01. The quantitative estimate of drug-likeness (QED) is 0.722. The summed E-state index contributed by atoms with van der Waals surface area (Å²) in [6, 6.07) is 0.254. The Morgan fingerprint density at radius 3 is 2.86 bits per heavy atom. The van der Waals surface area contributed by atoms with Gasteiger partial charge in [0.15, 0.2) is 0 Å². The molecular formula is C7H11N3O3S. The lowest BCUT2D eigenvalue weighted by atomic mass is 10.2. The number of nitrogens with one attached hydrogen (secondary N) is 1. The summed E-state index contributed by atoms with van der Waals surface area (Å²) >= 11 is 0. The van der Waals surface area contributed by atoms with Gasteiger partial charge in [-0.25, -0.2) is 8.42 Å². The lowest BCUT2D eigenvalue weighted by molar-refractivity contribution is 0.236. The second kappa shape index (κ2) is 3.34. The van der Waals surface area contributed by atoms with Gasteiger partial charge in [-0.15, -0.1) is 0 Å². The fraction of sp³-hybridized carbons (Fsp3) is 0.571. The minimum atomic E-state index is -3.36. The largest absolute Gasteiger partial charge is 0.363 e. The molecule has 0 saturated carbocycles. The van der Waals surface area contributed by atoms with Crippen molar-refractivity contribution < 1.29 is 12.9 Å². The number of aromatic nitrogens is 1. The van der Waals surface area contributed by atoms with Gasteiger partial charge in [0.1, 0.15) is 11.2 Å². The minimum absolute atomic E-state index is 0.118. The first-order valence-corrected chi connectivity index (χ1v) is 5.65. The van der Waals surface area contributed by atoms with Crippen molar-refractivity contribution in [1.29, 1.82) is 0 Å². The SMILES string of the molecule is CNC1CN(S(=O)(=O)c2cnoc2)C1. The summed E-state index contributed by atoms with van der Waals surface area (Å²) < 4.78 is 29.4. The third kappa shape index (κ3) is 1.43. The summed E-state index contributed by atoms with van der Waals surface area (Å²) in [7, 11) is -1.55. The van der Waals surface area contributed by atoms with Crippen molar-refractivity contribution in [3.63, 3.8) is 0 Å². The van der Waals surface area contributed by atoms with E-state index < -0.39 is 10.0 Å². The highest BCUT2D eigenvalue weighted by Crippen LogP contribution is 2.20. The van der Waals surface area contributed by atoms with Crippen molar-refractivity contribution in [2.24, 2.45) is 0 Å². The van der Waals surface area contributed by atoms with Crippen LogP contribution in [-0.4, -0.2) is 44.1 Å². The van der Waals surface area contributed by atoms with Crippen LogP contribution in [0, 0.1) is 0 Å². The van der Waals surface area contributed by atoms with E-state index >= 15 is 0 Å². The molecule has 7 heteroatoms. The standard InChI is InChI=1S/C7H11N3O3S/c1-8-6-3-10(4-6)14(11,12)7-2-9-13-5-7/h2,5-6,8H,3-4H2,1H3. The van der Waals surface area contributed by atoms with Crippen molar-refractivity contribution in [2.75, 3.05) is 20.1 Å². The Morgan fingerprint density at radius 1 is 1.64 bits per heavy atom. The van der Waals surface area contributed by atoms with Crippen LogP contribution in [0.15, 0.2) is 21.9 Å². The molecule has 1 aromatic rings. The van der Waals surface area contributed by atoms with Crippen molar-refractivity contribution >= 4 is 10.0 Å². The normalized spacial score (nSPS) is 19.5. The maximum Gasteiger partial charge on any atom is 0.248 e. The van der Waals surface area contributed by atoms with Crippen LogP contribution < -0.4 is 5.32 Å². The number of sulfonamides is 1. The highest BCUT2D eigenvalue weighted by Gasteiger charge is 2.36. The Labute approximate surface area is 81.9 Å². The van der Waals surface area contributed by atoms with E-state index in [4.69, 9.17) is 0 Å². The van der Waals surface area contributed by atoms with E-state index in [0.717, 1.165) is 6.26 Å². The van der Waals surface area contributed by atoms with E-state index in [-0.39, 0.29) is 10.9 Å². The van der Waals surface area contributed by atoms with Gasteiger partial charge in [0, 0.05) is 19.1 Å². The molecule has 0 unspecified atom stereocenters. The molecule has 2 rings (SSSR count). The lowest BCUT2D eigenvalue weighted by Gasteiger charge is -2.37. The monoisotopic (exact) mass is 217 g/mol. The molecule has 0 radical (unpaired) electrons. The van der Waals surface area contributed by atoms with Gasteiger partial charge in [0.05, 0.1) is 6.20 Å². The number of hydrogen-bond donors (Lipinski definition) is 1. The van der Waals surface area contributed by atoms with Crippen LogP contribution >= 0.6 is 0 Å². The maximum atomic E-state index is 11.7. The molecule has 1 aromatic heterocycles. The van der Waals surface area contributed by atoms with E-state index in [9.17, 15) is 8.42 Å². The molecule has 0 aliphatic carbocycles. The Morgan fingerprint density at radius 2 is 2.36 bits per heavy atom. The molecule has 1 saturated heterocycles. The molecule has 0 bridgehead atoms. The molecule has 0 spiro atoms. The number of rotatable bonds is 3.